The first kappa shape index (κ1) is 14.3. The minimum Gasteiger partial charge on any atom is -0.465 e. The van der Waals surface area contributed by atoms with Gasteiger partial charge in [-0.25, -0.2) is 9.78 Å². The molecular weight excluding hydrogens is 262 g/mol. The Bertz CT molecular complexity index is 447. The highest BCUT2D eigenvalue weighted by Gasteiger charge is 2.23. The molecule has 1 atom stereocenters. The molecule has 1 aromatic rings. The number of anilines is 1. The van der Waals surface area contributed by atoms with Crippen molar-refractivity contribution in [1.29, 1.82) is 0 Å². The molecule has 1 fully saturated rings. The molecule has 0 amide bonds. The first-order valence-electron chi connectivity index (χ1n) is 6.69. The lowest BCUT2D eigenvalue weighted by molar-refractivity contribution is 0.0605. The Morgan fingerprint density at radius 2 is 2.42 bits per heavy atom. The average molecular weight is 283 g/mol. The van der Waals surface area contributed by atoms with Crippen LogP contribution in [0.5, 0.6) is 0 Å². The third-order valence-electron chi connectivity index (χ3n) is 3.56. The Hall–Kier alpha value is -1.14. The van der Waals surface area contributed by atoms with E-state index in [1.807, 2.05) is 6.92 Å². The van der Waals surface area contributed by atoms with Crippen LogP contribution in [0.1, 0.15) is 35.1 Å². The second-order valence-electron chi connectivity index (χ2n) is 4.73. The van der Waals surface area contributed by atoms with Crippen molar-refractivity contribution in [3.8, 4) is 0 Å². The Balaban J connectivity index is 1.95. The fourth-order valence-corrected chi connectivity index (χ4v) is 3.39. The van der Waals surface area contributed by atoms with Gasteiger partial charge in [-0.1, -0.05) is 18.3 Å². The van der Waals surface area contributed by atoms with Crippen LogP contribution in [-0.4, -0.2) is 48.6 Å². The molecule has 0 aromatic carbocycles. The summed E-state index contributed by atoms with van der Waals surface area (Å²) in [7, 11) is 1.40. The van der Waals surface area contributed by atoms with Gasteiger partial charge in [-0.3, -0.25) is 4.90 Å². The maximum atomic E-state index is 11.5. The molecule has 6 heteroatoms. The SMILES string of the molecule is CCN1CCCC1CNc1nc(C)c(C(=O)OC)s1. The molecule has 1 aliphatic rings. The van der Waals surface area contributed by atoms with Gasteiger partial charge in [0.1, 0.15) is 4.88 Å². The molecule has 0 saturated carbocycles. The molecular formula is C13H21N3O2S. The Morgan fingerprint density at radius 3 is 3.11 bits per heavy atom. The van der Waals surface area contributed by atoms with Crippen LogP contribution in [0.15, 0.2) is 0 Å². The van der Waals surface area contributed by atoms with Crippen molar-refractivity contribution >= 4 is 22.4 Å². The standard InChI is InChI=1S/C13H21N3O2S/c1-4-16-7-5-6-10(16)8-14-13-15-9(2)11(19-13)12(17)18-3/h10H,4-8H2,1-3H3,(H,14,15). The molecule has 0 spiro atoms. The number of nitrogens with one attached hydrogen (secondary N) is 1. The van der Waals surface area contributed by atoms with Gasteiger partial charge >= 0.3 is 5.97 Å². The van der Waals surface area contributed by atoms with Gasteiger partial charge < -0.3 is 10.1 Å². The van der Waals surface area contributed by atoms with Crippen LogP contribution in [0.25, 0.3) is 0 Å². The third kappa shape index (κ3) is 3.25. The molecule has 0 aliphatic carbocycles. The fraction of sp³-hybridized carbons (Fsp3) is 0.692. The van der Waals surface area contributed by atoms with Gasteiger partial charge in [0.05, 0.1) is 12.8 Å². The fourth-order valence-electron chi connectivity index (χ4n) is 2.50. The van der Waals surface area contributed by atoms with Gasteiger partial charge in [-0.15, -0.1) is 0 Å². The maximum Gasteiger partial charge on any atom is 0.350 e. The number of ether oxygens (including phenoxy) is 1. The highest BCUT2D eigenvalue weighted by Crippen LogP contribution is 2.24. The first-order chi connectivity index (χ1) is 9.15. The van der Waals surface area contributed by atoms with E-state index < -0.39 is 0 Å². The van der Waals surface area contributed by atoms with Gasteiger partial charge in [0, 0.05) is 12.6 Å². The summed E-state index contributed by atoms with van der Waals surface area (Å²) in [4.78, 5) is 19.0. The molecule has 0 radical (unpaired) electrons. The zero-order valence-electron chi connectivity index (χ0n) is 11.7. The zero-order chi connectivity index (χ0) is 13.8. The first-order valence-corrected chi connectivity index (χ1v) is 7.51. The lowest BCUT2D eigenvalue weighted by Gasteiger charge is -2.22. The second kappa shape index (κ2) is 6.34. The quantitative estimate of drug-likeness (QED) is 0.839. The zero-order valence-corrected chi connectivity index (χ0v) is 12.5. The normalized spacial score (nSPS) is 19.6. The van der Waals surface area contributed by atoms with E-state index >= 15 is 0 Å². The van der Waals surface area contributed by atoms with E-state index in [9.17, 15) is 4.79 Å². The van der Waals surface area contributed by atoms with Crippen LogP contribution >= 0.6 is 11.3 Å². The number of thiazole rings is 1. The topological polar surface area (TPSA) is 54.5 Å². The number of likely N-dealkylation sites (N-methyl/N-ethyl adjacent to an activating group) is 1. The van der Waals surface area contributed by atoms with Crippen LogP contribution < -0.4 is 5.32 Å². The summed E-state index contributed by atoms with van der Waals surface area (Å²) in [5.74, 6) is -0.306. The summed E-state index contributed by atoms with van der Waals surface area (Å²) in [6, 6.07) is 0.579. The summed E-state index contributed by atoms with van der Waals surface area (Å²) < 4.78 is 4.74. The van der Waals surface area contributed by atoms with Crippen molar-refractivity contribution in [3.63, 3.8) is 0 Å². The van der Waals surface area contributed by atoms with Gasteiger partial charge in [-0.2, -0.15) is 0 Å². The van der Waals surface area contributed by atoms with E-state index in [2.05, 4.69) is 22.1 Å². The molecule has 5 nitrogen and oxygen atoms in total. The van der Waals surface area contributed by atoms with Crippen molar-refractivity contribution in [2.75, 3.05) is 32.1 Å². The van der Waals surface area contributed by atoms with E-state index in [-0.39, 0.29) is 5.97 Å². The smallest absolute Gasteiger partial charge is 0.350 e. The molecule has 0 bridgehead atoms. The number of hydrogen-bond donors (Lipinski definition) is 1. The van der Waals surface area contributed by atoms with Gasteiger partial charge in [-0.05, 0) is 32.9 Å². The molecule has 19 heavy (non-hydrogen) atoms. The number of carbonyl (C=O) groups is 1. The van der Waals surface area contributed by atoms with E-state index in [0.717, 1.165) is 23.9 Å². The molecule has 1 N–H and O–H groups in total. The van der Waals surface area contributed by atoms with E-state index in [1.54, 1.807) is 0 Å². The summed E-state index contributed by atoms with van der Waals surface area (Å²) in [6.07, 6.45) is 2.50. The highest BCUT2D eigenvalue weighted by atomic mass is 32.1. The lowest BCUT2D eigenvalue weighted by Crippen LogP contribution is -2.34. The van der Waals surface area contributed by atoms with Crippen molar-refractivity contribution in [3.05, 3.63) is 10.6 Å². The van der Waals surface area contributed by atoms with Gasteiger partial charge in [0.25, 0.3) is 0 Å². The van der Waals surface area contributed by atoms with E-state index in [0.29, 0.717) is 10.9 Å². The Kier molecular flexibility index (Phi) is 4.76. The highest BCUT2D eigenvalue weighted by molar-refractivity contribution is 7.17. The largest absolute Gasteiger partial charge is 0.465 e. The van der Waals surface area contributed by atoms with E-state index in [1.165, 1.54) is 37.8 Å². The maximum absolute atomic E-state index is 11.5. The molecule has 1 aromatic heterocycles. The number of aryl methyl sites for hydroxylation is 1. The van der Waals surface area contributed by atoms with Crippen LogP contribution in [0, 0.1) is 6.92 Å². The van der Waals surface area contributed by atoms with Gasteiger partial charge in [0.2, 0.25) is 0 Å². The number of aromatic nitrogens is 1. The number of hydrogen-bond acceptors (Lipinski definition) is 6. The number of carbonyl (C=O) groups excluding carboxylic acids is 1. The van der Waals surface area contributed by atoms with Crippen molar-refractivity contribution in [1.82, 2.24) is 9.88 Å². The van der Waals surface area contributed by atoms with Crippen LogP contribution in [0.2, 0.25) is 0 Å². The summed E-state index contributed by atoms with van der Waals surface area (Å²) >= 11 is 1.37. The number of methoxy groups -OCH3 is 1. The van der Waals surface area contributed by atoms with Gasteiger partial charge in [0.15, 0.2) is 5.13 Å². The summed E-state index contributed by atoms with van der Waals surface area (Å²) in [5.41, 5.74) is 0.734. The Labute approximate surface area is 118 Å². The third-order valence-corrected chi connectivity index (χ3v) is 4.66. The summed E-state index contributed by atoms with van der Waals surface area (Å²) in [6.45, 7) is 7.20. The molecule has 1 aliphatic heterocycles. The molecule has 2 heterocycles. The predicted molar refractivity (Wildman–Crippen MR) is 76.9 cm³/mol. The number of esters is 1. The molecule has 106 valence electrons. The predicted octanol–water partition coefficient (Wildman–Crippen LogP) is 2.13. The minimum absolute atomic E-state index is 0.306. The monoisotopic (exact) mass is 283 g/mol. The van der Waals surface area contributed by atoms with Crippen LogP contribution in [0.4, 0.5) is 5.13 Å². The number of likely N-dealkylation sites (tertiary alicyclic amines) is 1. The second-order valence-corrected chi connectivity index (χ2v) is 5.73. The number of rotatable bonds is 5. The van der Waals surface area contributed by atoms with Crippen LogP contribution in [0.3, 0.4) is 0 Å². The summed E-state index contributed by atoms with van der Waals surface area (Å²) in [5, 5.41) is 4.16. The Morgan fingerprint density at radius 1 is 1.63 bits per heavy atom. The minimum atomic E-state index is -0.306. The van der Waals surface area contributed by atoms with E-state index in [4.69, 9.17) is 4.74 Å². The lowest BCUT2D eigenvalue weighted by atomic mass is 10.2. The number of nitrogens with zero attached hydrogens (tertiary/aromatic N) is 2. The van der Waals surface area contributed by atoms with Crippen molar-refractivity contribution in [2.45, 2.75) is 32.7 Å². The average Bonchev–Trinajstić information content (AvgIpc) is 3.01. The van der Waals surface area contributed by atoms with Crippen molar-refractivity contribution < 1.29 is 9.53 Å². The molecule has 1 unspecified atom stereocenters. The van der Waals surface area contributed by atoms with Crippen molar-refractivity contribution in [2.24, 2.45) is 0 Å². The molecule has 2 rings (SSSR count). The molecule has 1 saturated heterocycles. The van der Waals surface area contributed by atoms with Crippen LogP contribution in [-0.2, 0) is 4.74 Å².